The van der Waals surface area contributed by atoms with E-state index in [1.54, 1.807) is 29.2 Å². The number of ether oxygens (including phenoxy) is 1. The molecule has 1 fully saturated rings. The second-order valence-electron chi connectivity index (χ2n) is 4.98. The maximum absolute atomic E-state index is 12.1. The van der Waals surface area contributed by atoms with Crippen LogP contribution in [0, 0.1) is 0 Å². The third kappa shape index (κ3) is 3.57. The SMILES string of the molecule is CC1CN(C(=O)CCc2ccccc2C(=O)O)CCO1. The number of amides is 1. The van der Waals surface area contributed by atoms with Crippen molar-refractivity contribution < 1.29 is 19.4 Å². The van der Waals surface area contributed by atoms with Gasteiger partial charge in [-0.15, -0.1) is 0 Å². The molecule has 1 aliphatic rings. The van der Waals surface area contributed by atoms with Gasteiger partial charge in [-0.3, -0.25) is 4.79 Å². The van der Waals surface area contributed by atoms with E-state index < -0.39 is 5.97 Å². The van der Waals surface area contributed by atoms with Crippen molar-refractivity contribution in [3.05, 3.63) is 35.4 Å². The number of carbonyl (C=O) groups is 2. The number of carboxylic acids is 1. The lowest BCUT2D eigenvalue weighted by Gasteiger charge is -2.31. The molecule has 2 rings (SSSR count). The fourth-order valence-corrected chi connectivity index (χ4v) is 2.39. The number of aryl methyl sites for hydroxylation is 1. The zero-order valence-corrected chi connectivity index (χ0v) is 11.5. The zero-order valence-electron chi connectivity index (χ0n) is 11.5. The molecule has 1 atom stereocenters. The van der Waals surface area contributed by atoms with Gasteiger partial charge in [0.25, 0.3) is 0 Å². The number of morpholine rings is 1. The highest BCUT2D eigenvalue weighted by Crippen LogP contribution is 2.13. The van der Waals surface area contributed by atoms with E-state index in [1.165, 1.54) is 0 Å². The average Bonchev–Trinajstić information content (AvgIpc) is 2.45. The first kappa shape index (κ1) is 14.5. The van der Waals surface area contributed by atoms with E-state index in [4.69, 9.17) is 9.84 Å². The van der Waals surface area contributed by atoms with E-state index in [2.05, 4.69) is 0 Å². The maximum Gasteiger partial charge on any atom is 0.335 e. The van der Waals surface area contributed by atoms with Crippen molar-refractivity contribution in [2.45, 2.75) is 25.9 Å². The molecular weight excluding hydrogens is 258 g/mol. The lowest BCUT2D eigenvalue weighted by Crippen LogP contribution is -2.44. The Morgan fingerprint density at radius 3 is 2.85 bits per heavy atom. The number of nitrogens with zero attached hydrogens (tertiary/aromatic N) is 1. The molecule has 108 valence electrons. The van der Waals surface area contributed by atoms with Crippen LogP contribution in [0.15, 0.2) is 24.3 Å². The van der Waals surface area contributed by atoms with E-state index in [-0.39, 0.29) is 17.6 Å². The third-order valence-electron chi connectivity index (χ3n) is 3.45. The van der Waals surface area contributed by atoms with Crippen molar-refractivity contribution >= 4 is 11.9 Å². The van der Waals surface area contributed by atoms with Gasteiger partial charge < -0.3 is 14.7 Å². The highest BCUT2D eigenvalue weighted by molar-refractivity contribution is 5.89. The van der Waals surface area contributed by atoms with Gasteiger partial charge in [0.15, 0.2) is 0 Å². The molecule has 20 heavy (non-hydrogen) atoms. The van der Waals surface area contributed by atoms with Crippen molar-refractivity contribution in [1.82, 2.24) is 4.90 Å². The molecule has 1 aromatic carbocycles. The second-order valence-corrected chi connectivity index (χ2v) is 4.98. The minimum absolute atomic E-state index is 0.0559. The van der Waals surface area contributed by atoms with Crippen molar-refractivity contribution in [3.63, 3.8) is 0 Å². The summed E-state index contributed by atoms with van der Waals surface area (Å²) in [6.07, 6.45) is 0.850. The summed E-state index contributed by atoms with van der Waals surface area (Å²) in [6.45, 7) is 3.74. The third-order valence-corrected chi connectivity index (χ3v) is 3.45. The van der Waals surface area contributed by atoms with Crippen molar-refractivity contribution in [3.8, 4) is 0 Å². The quantitative estimate of drug-likeness (QED) is 0.907. The molecule has 1 unspecified atom stereocenters. The van der Waals surface area contributed by atoms with Crippen LogP contribution in [-0.4, -0.2) is 47.7 Å². The van der Waals surface area contributed by atoms with Gasteiger partial charge in [-0.1, -0.05) is 18.2 Å². The van der Waals surface area contributed by atoms with Crippen LogP contribution in [0.1, 0.15) is 29.3 Å². The second kappa shape index (κ2) is 6.52. The lowest BCUT2D eigenvalue weighted by atomic mass is 10.0. The average molecular weight is 277 g/mol. The summed E-state index contributed by atoms with van der Waals surface area (Å²) in [6, 6.07) is 6.82. The Balaban J connectivity index is 1.95. The molecular formula is C15H19NO4. The number of benzene rings is 1. The van der Waals surface area contributed by atoms with Gasteiger partial charge in [-0.2, -0.15) is 0 Å². The molecule has 1 aromatic rings. The molecule has 1 N–H and O–H groups in total. The Morgan fingerprint density at radius 2 is 2.15 bits per heavy atom. The van der Waals surface area contributed by atoms with Gasteiger partial charge in [0.05, 0.1) is 18.3 Å². The molecule has 0 aromatic heterocycles. The molecule has 5 heteroatoms. The fourth-order valence-electron chi connectivity index (χ4n) is 2.39. The van der Waals surface area contributed by atoms with Gasteiger partial charge in [0.1, 0.15) is 0 Å². The molecule has 0 radical (unpaired) electrons. The minimum Gasteiger partial charge on any atom is -0.478 e. The smallest absolute Gasteiger partial charge is 0.335 e. The summed E-state index contributed by atoms with van der Waals surface area (Å²) in [5.41, 5.74) is 0.977. The topological polar surface area (TPSA) is 66.8 Å². The first-order chi connectivity index (χ1) is 9.58. The number of carbonyl (C=O) groups excluding carboxylic acids is 1. The highest BCUT2D eigenvalue weighted by Gasteiger charge is 2.21. The summed E-state index contributed by atoms with van der Waals surface area (Å²) >= 11 is 0. The summed E-state index contributed by atoms with van der Waals surface area (Å²) in [5, 5.41) is 9.10. The van der Waals surface area contributed by atoms with Gasteiger partial charge in [-0.05, 0) is 25.0 Å². The zero-order chi connectivity index (χ0) is 14.5. The Bertz CT molecular complexity index is 500. The summed E-state index contributed by atoms with van der Waals surface area (Å²) in [7, 11) is 0. The normalized spacial score (nSPS) is 18.9. The molecule has 0 saturated carbocycles. The number of carboxylic acid groups (broad SMARTS) is 1. The fraction of sp³-hybridized carbons (Fsp3) is 0.467. The molecule has 0 bridgehead atoms. The monoisotopic (exact) mass is 277 g/mol. The molecule has 1 saturated heterocycles. The Hall–Kier alpha value is -1.88. The molecule has 0 aliphatic carbocycles. The van der Waals surface area contributed by atoms with Crippen LogP contribution in [-0.2, 0) is 16.0 Å². The number of rotatable bonds is 4. The van der Waals surface area contributed by atoms with Crippen LogP contribution in [0.5, 0.6) is 0 Å². The highest BCUT2D eigenvalue weighted by atomic mass is 16.5. The molecule has 1 amide bonds. The first-order valence-electron chi connectivity index (χ1n) is 6.78. The molecule has 5 nitrogen and oxygen atoms in total. The molecule has 1 heterocycles. The van der Waals surface area contributed by atoms with Crippen LogP contribution < -0.4 is 0 Å². The van der Waals surface area contributed by atoms with Crippen molar-refractivity contribution in [2.75, 3.05) is 19.7 Å². The maximum atomic E-state index is 12.1. The van der Waals surface area contributed by atoms with Gasteiger partial charge >= 0.3 is 5.97 Å². The van der Waals surface area contributed by atoms with Crippen LogP contribution in [0.25, 0.3) is 0 Å². The van der Waals surface area contributed by atoms with Gasteiger partial charge in [-0.25, -0.2) is 4.79 Å². The van der Waals surface area contributed by atoms with Gasteiger partial charge in [0.2, 0.25) is 5.91 Å². The van der Waals surface area contributed by atoms with Crippen LogP contribution in [0.4, 0.5) is 0 Å². The van der Waals surface area contributed by atoms with E-state index >= 15 is 0 Å². The Labute approximate surface area is 118 Å². The van der Waals surface area contributed by atoms with Crippen molar-refractivity contribution in [2.24, 2.45) is 0 Å². The summed E-state index contributed by atoms with van der Waals surface area (Å²) in [5.74, 6) is -0.895. The minimum atomic E-state index is -0.951. The Kier molecular flexibility index (Phi) is 4.74. The number of hydrogen-bond donors (Lipinski definition) is 1. The summed E-state index contributed by atoms with van der Waals surface area (Å²) < 4.78 is 5.40. The van der Waals surface area contributed by atoms with Crippen LogP contribution in [0.3, 0.4) is 0 Å². The van der Waals surface area contributed by atoms with Crippen LogP contribution in [0.2, 0.25) is 0 Å². The number of hydrogen-bond acceptors (Lipinski definition) is 3. The predicted octanol–water partition coefficient (Wildman–Crippen LogP) is 1.56. The Morgan fingerprint density at radius 1 is 1.40 bits per heavy atom. The first-order valence-corrected chi connectivity index (χ1v) is 6.78. The van der Waals surface area contributed by atoms with E-state index in [0.717, 1.165) is 0 Å². The van der Waals surface area contributed by atoms with E-state index in [0.29, 0.717) is 38.1 Å². The number of aromatic carboxylic acids is 1. The molecule has 1 aliphatic heterocycles. The van der Waals surface area contributed by atoms with E-state index in [1.807, 2.05) is 6.92 Å². The standard InChI is InChI=1S/C15H19NO4/c1-11-10-16(8-9-20-11)14(17)7-6-12-4-2-3-5-13(12)15(18)19/h2-5,11H,6-10H2,1H3,(H,18,19). The summed E-state index contributed by atoms with van der Waals surface area (Å²) in [4.78, 5) is 25.0. The predicted molar refractivity (Wildman–Crippen MR) is 73.7 cm³/mol. The van der Waals surface area contributed by atoms with Gasteiger partial charge in [0, 0.05) is 19.5 Å². The van der Waals surface area contributed by atoms with E-state index in [9.17, 15) is 9.59 Å². The largest absolute Gasteiger partial charge is 0.478 e. The lowest BCUT2D eigenvalue weighted by molar-refractivity contribution is -0.138. The van der Waals surface area contributed by atoms with Crippen molar-refractivity contribution in [1.29, 1.82) is 0 Å². The molecule has 0 spiro atoms. The van der Waals surface area contributed by atoms with Crippen LogP contribution >= 0.6 is 0 Å².